The maximum Gasteiger partial charge on any atom is 0.328 e. The fourth-order valence-corrected chi connectivity index (χ4v) is 3.57. The predicted octanol–water partition coefficient (Wildman–Crippen LogP) is 3.76. The number of amides is 1. The Bertz CT molecular complexity index is 949. The van der Waals surface area contributed by atoms with Crippen molar-refractivity contribution in [3.63, 3.8) is 0 Å². The Balaban J connectivity index is 0.00000578. The molecule has 0 bridgehead atoms. The van der Waals surface area contributed by atoms with Gasteiger partial charge < -0.3 is 24.6 Å². The summed E-state index contributed by atoms with van der Waals surface area (Å²) in [7, 11) is 3.43. The molecule has 33 heavy (non-hydrogen) atoms. The predicted molar refractivity (Wildman–Crippen MR) is 128 cm³/mol. The zero-order valence-corrected chi connectivity index (χ0v) is 20.3. The first-order valence-corrected chi connectivity index (χ1v) is 11.1. The molecular weight excluding hydrogens is 471 g/mol. The number of hydrogen-bond donors (Lipinski definition) is 2. The Labute approximate surface area is 204 Å². The van der Waals surface area contributed by atoms with E-state index in [1.54, 1.807) is 14.0 Å². The first kappa shape index (κ1) is 26.7. The van der Waals surface area contributed by atoms with Gasteiger partial charge in [0.2, 0.25) is 0 Å². The largest absolute Gasteiger partial charge is 0.505 e. The average Bonchev–Trinajstić information content (AvgIpc) is 2.79. The molecule has 2 rings (SSSR count). The number of nitrogens with zero attached hydrogens (tertiary/aromatic N) is 1. The number of phenolic OH excluding ortho intramolecular Hbond substituents is 1. The lowest BCUT2D eigenvalue weighted by Crippen LogP contribution is -2.43. The van der Waals surface area contributed by atoms with Crippen LogP contribution in [0.15, 0.2) is 36.4 Å². The summed E-state index contributed by atoms with van der Waals surface area (Å²) in [6, 6.07) is 9.45. The van der Waals surface area contributed by atoms with Crippen LogP contribution in [0, 0.1) is 0 Å². The van der Waals surface area contributed by atoms with E-state index in [1.807, 2.05) is 42.3 Å². The van der Waals surface area contributed by atoms with Gasteiger partial charge in [0, 0.05) is 21.5 Å². The number of rotatable bonds is 12. The van der Waals surface area contributed by atoms with Crippen molar-refractivity contribution in [3.8, 4) is 11.5 Å². The molecule has 0 fully saturated rings. The van der Waals surface area contributed by atoms with Gasteiger partial charge in [0.1, 0.15) is 17.7 Å². The maximum absolute atomic E-state index is 12.9. The van der Waals surface area contributed by atoms with Gasteiger partial charge in [-0.05, 0) is 25.6 Å². The molecule has 0 saturated heterocycles. The quantitative estimate of drug-likeness (QED) is 0.338. The Kier molecular flexibility index (Phi) is 10.7. The third-order valence-electron chi connectivity index (χ3n) is 4.62. The van der Waals surface area contributed by atoms with Crippen LogP contribution in [-0.4, -0.2) is 68.6 Å². The lowest BCUT2D eigenvalue weighted by Gasteiger charge is -2.19. The topological polar surface area (TPSA) is 97.3 Å². The van der Waals surface area contributed by atoms with Crippen LogP contribution in [0.25, 0.3) is 0 Å². The van der Waals surface area contributed by atoms with E-state index in [9.17, 15) is 14.7 Å². The average molecular weight is 501 g/mol. The zero-order valence-electron chi connectivity index (χ0n) is 18.8. The number of ether oxygens (including phenoxy) is 3. The summed E-state index contributed by atoms with van der Waals surface area (Å²) in [6.45, 7) is 3.00. The molecule has 0 spiro atoms. The number of phenols is 1. The van der Waals surface area contributed by atoms with Crippen molar-refractivity contribution < 1.29 is 30.3 Å². The van der Waals surface area contributed by atoms with Crippen LogP contribution >= 0.6 is 23.2 Å². The SMILES string of the molecule is CCOC(=O)[C@H](Cc1ccccc1)NC(=O)c1cc(Cl)c(OCCN(C)COC)c(Cl)c1O.[HH]. The van der Waals surface area contributed by atoms with Crippen molar-refractivity contribution in [2.24, 2.45) is 0 Å². The minimum atomic E-state index is -0.968. The number of methoxy groups -OCH3 is 1. The smallest absolute Gasteiger partial charge is 0.328 e. The number of likely N-dealkylation sites (N-methyl/N-ethyl adjacent to an activating group) is 1. The monoisotopic (exact) mass is 500 g/mol. The molecule has 2 aromatic carbocycles. The molecule has 1 atom stereocenters. The van der Waals surface area contributed by atoms with Crippen LogP contribution in [0.1, 0.15) is 24.3 Å². The molecule has 182 valence electrons. The van der Waals surface area contributed by atoms with Crippen molar-refractivity contribution in [2.75, 3.05) is 40.6 Å². The summed E-state index contributed by atoms with van der Waals surface area (Å²) >= 11 is 12.5. The van der Waals surface area contributed by atoms with E-state index in [2.05, 4.69) is 5.32 Å². The Hall–Kier alpha value is -2.52. The van der Waals surface area contributed by atoms with Crippen LogP contribution < -0.4 is 10.1 Å². The molecule has 1 amide bonds. The molecule has 0 saturated carbocycles. The summed E-state index contributed by atoms with van der Waals surface area (Å²) < 4.78 is 15.7. The molecule has 0 aromatic heterocycles. The van der Waals surface area contributed by atoms with Gasteiger partial charge in [-0.3, -0.25) is 9.69 Å². The van der Waals surface area contributed by atoms with E-state index in [0.29, 0.717) is 13.3 Å². The third kappa shape index (κ3) is 7.78. The van der Waals surface area contributed by atoms with Gasteiger partial charge in [0.15, 0.2) is 11.5 Å². The van der Waals surface area contributed by atoms with Gasteiger partial charge in [-0.25, -0.2) is 4.79 Å². The second-order valence-electron chi connectivity index (χ2n) is 7.21. The van der Waals surface area contributed by atoms with Crippen molar-refractivity contribution in [1.29, 1.82) is 0 Å². The number of halogens is 2. The first-order chi connectivity index (χ1) is 15.8. The van der Waals surface area contributed by atoms with Crippen LogP contribution in [0.4, 0.5) is 0 Å². The number of benzene rings is 2. The van der Waals surface area contributed by atoms with E-state index < -0.39 is 23.7 Å². The third-order valence-corrected chi connectivity index (χ3v) is 5.25. The van der Waals surface area contributed by atoms with Crippen molar-refractivity contribution >= 4 is 35.1 Å². The first-order valence-electron chi connectivity index (χ1n) is 10.3. The van der Waals surface area contributed by atoms with Gasteiger partial charge >= 0.3 is 5.97 Å². The minimum Gasteiger partial charge on any atom is -0.505 e. The fraction of sp³-hybridized carbons (Fsp3) is 0.391. The molecule has 0 aliphatic carbocycles. The molecule has 10 heteroatoms. The lowest BCUT2D eigenvalue weighted by molar-refractivity contribution is -0.145. The summed E-state index contributed by atoms with van der Waals surface area (Å²) in [5.74, 6) is -1.76. The van der Waals surface area contributed by atoms with Gasteiger partial charge in [-0.2, -0.15) is 0 Å². The zero-order chi connectivity index (χ0) is 24.4. The molecule has 0 unspecified atom stereocenters. The highest BCUT2D eigenvalue weighted by Crippen LogP contribution is 2.42. The van der Waals surface area contributed by atoms with E-state index in [-0.39, 0.29) is 42.4 Å². The van der Waals surface area contributed by atoms with Crippen molar-refractivity contribution in [3.05, 3.63) is 57.6 Å². The van der Waals surface area contributed by atoms with Crippen LogP contribution in [0.2, 0.25) is 10.0 Å². The summed E-state index contributed by atoms with van der Waals surface area (Å²) in [4.78, 5) is 27.2. The van der Waals surface area contributed by atoms with Gasteiger partial charge in [-0.1, -0.05) is 53.5 Å². The molecule has 8 nitrogen and oxygen atoms in total. The van der Waals surface area contributed by atoms with E-state index in [0.717, 1.165) is 5.56 Å². The number of nitrogens with one attached hydrogen (secondary N) is 1. The second-order valence-corrected chi connectivity index (χ2v) is 8.00. The fourth-order valence-electron chi connectivity index (χ4n) is 3.01. The van der Waals surface area contributed by atoms with Crippen LogP contribution in [-0.2, 0) is 20.7 Å². The van der Waals surface area contributed by atoms with Crippen molar-refractivity contribution in [2.45, 2.75) is 19.4 Å². The maximum atomic E-state index is 12.9. The van der Waals surface area contributed by atoms with E-state index in [4.69, 9.17) is 37.4 Å². The molecule has 0 aliphatic heterocycles. The second kappa shape index (κ2) is 13.3. The number of hydrogen-bond acceptors (Lipinski definition) is 7. The number of carbonyl (C=O) groups is 2. The van der Waals surface area contributed by atoms with Crippen LogP contribution in [0.3, 0.4) is 0 Å². The van der Waals surface area contributed by atoms with E-state index in [1.165, 1.54) is 6.07 Å². The Morgan fingerprint density at radius 1 is 1.24 bits per heavy atom. The molecule has 2 N–H and O–H groups in total. The van der Waals surface area contributed by atoms with Crippen molar-refractivity contribution in [1.82, 2.24) is 10.2 Å². The number of esters is 1. The molecule has 0 radical (unpaired) electrons. The lowest BCUT2D eigenvalue weighted by atomic mass is 10.1. The van der Waals surface area contributed by atoms with Gasteiger partial charge in [0.05, 0.1) is 23.9 Å². The highest BCUT2D eigenvalue weighted by molar-refractivity contribution is 6.39. The number of carbonyl (C=O) groups excluding carboxylic acids is 2. The molecular formula is C23H30Cl2N2O6. The highest BCUT2D eigenvalue weighted by Gasteiger charge is 2.27. The molecule has 0 heterocycles. The standard InChI is InChI=1S/C23H28Cl2N2O6.H2/c1-4-32-23(30)18(12-15-8-6-5-7-9-15)26-22(29)16-13-17(24)21(19(25)20(16)28)33-11-10-27(2)14-31-3;/h5-9,13,18,28H,4,10-12,14H2,1-3H3,(H,26,29);1H/t18-;/m0./s1. The summed E-state index contributed by atoms with van der Waals surface area (Å²) in [5.41, 5.74) is 0.648. The molecule has 0 aliphatic rings. The Morgan fingerprint density at radius 3 is 2.58 bits per heavy atom. The minimum absolute atomic E-state index is 0. The summed E-state index contributed by atoms with van der Waals surface area (Å²) in [6.07, 6.45) is 0.212. The normalized spacial score (nSPS) is 11.8. The highest BCUT2D eigenvalue weighted by atomic mass is 35.5. The Morgan fingerprint density at radius 2 is 1.94 bits per heavy atom. The summed E-state index contributed by atoms with van der Waals surface area (Å²) in [5, 5.41) is 13.0. The van der Waals surface area contributed by atoms with Crippen LogP contribution in [0.5, 0.6) is 11.5 Å². The van der Waals surface area contributed by atoms with Gasteiger partial charge in [0.25, 0.3) is 5.91 Å². The number of aromatic hydroxyl groups is 1. The van der Waals surface area contributed by atoms with E-state index >= 15 is 0 Å². The molecule has 2 aromatic rings. The van der Waals surface area contributed by atoms with Gasteiger partial charge in [-0.15, -0.1) is 0 Å².